The van der Waals surface area contributed by atoms with E-state index in [9.17, 15) is 5.26 Å². The summed E-state index contributed by atoms with van der Waals surface area (Å²) in [4.78, 5) is 11.7. The fourth-order valence-corrected chi connectivity index (χ4v) is 6.26. The summed E-state index contributed by atoms with van der Waals surface area (Å²) in [6, 6.07) is 44.6. The molecule has 6 aromatic carbocycles. The van der Waals surface area contributed by atoms with Crippen molar-refractivity contribution in [2.45, 2.75) is 0 Å². The molecule has 0 aliphatic rings. The van der Waals surface area contributed by atoms with Gasteiger partial charge in [-0.3, -0.25) is 0 Å². The van der Waals surface area contributed by atoms with Gasteiger partial charge in [-0.25, -0.2) is 4.98 Å². The molecule has 0 atom stereocenters. The molecule has 0 fully saturated rings. The standard InChI is InChI=1S/C40H22N4/c1-42-38-23-30(13-15-44-38)26-5-3-7-28(17-26)36-20-33-10-8-31-18-35(19-32-9-11-34(21-36)40(33)39(31)32)27-6-2-4-25(16-27)29-12-14-43-37(22-29)24-41/h2-23H. The van der Waals surface area contributed by atoms with Crippen molar-refractivity contribution in [3.05, 3.63) is 151 Å². The number of nitrogens with zero attached hydrogens (tertiary/aromatic N) is 4. The summed E-state index contributed by atoms with van der Waals surface area (Å²) < 4.78 is 0. The number of rotatable bonds is 4. The predicted molar refractivity (Wildman–Crippen MR) is 178 cm³/mol. The molecule has 2 aromatic heterocycles. The predicted octanol–water partition coefficient (Wildman–Crippen LogP) is 10.5. The maximum atomic E-state index is 9.29. The number of benzene rings is 6. The average molecular weight is 559 g/mol. The van der Waals surface area contributed by atoms with E-state index in [2.05, 4.69) is 118 Å². The first-order valence-corrected chi connectivity index (χ1v) is 14.3. The zero-order valence-corrected chi connectivity index (χ0v) is 23.5. The first kappa shape index (κ1) is 25.4. The van der Waals surface area contributed by atoms with Crippen LogP contribution in [-0.4, -0.2) is 9.97 Å². The molecule has 2 heterocycles. The van der Waals surface area contributed by atoms with Crippen molar-refractivity contribution in [2.24, 2.45) is 0 Å². The topological polar surface area (TPSA) is 53.9 Å². The van der Waals surface area contributed by atoms with Crippen LogP contribution in [0.25, 0.3) is 81.7 Å². The maximum absolute atomic E-state index is 9.29. The van der Waals surface area contributed by atoms with E-state index in [1.54, 1.807) is 12.4 Å². The zero-order chi connectivity index (χ0) is 29.6. The Morgan fingerprint density at radius 3 is 1.39 bits per heavy atom. The van der Waals surface area contributed by atoms with E-state index in [1.807, 2.05) is 24.3 Å². The molecule has 202 valence electrons. The molecule has 44 heavy (non-hydrogen) atoms. The molecule has 0 saturated heterocycles. The third-order valence-electron chi connectivity index (χ3n) is 8.33. The molecule has 0 aliphatic heterocycles. The van der Waals surface area contributed by atoms with Gasteiger partial charge in [0.2, 0.25) is 0 Å². The average Bonchev–Trinajstić information content (AvgIpc) is 3.10. The molecule has 8 rings (SSSR count). The third-order valence-corrected chi connectivity index (χ3v) is 8.33. The zero-order valence-electron chi connectivity index (χ0n) is 23.5. The smallest absolute Gasteiger partial charge is 0.270 e. The SMILES string of the molecule is [C-]#[N+]c1cc(-c2cccc(-c3cc4ccc5cc(-c6cccc(-c7ccnc(C#N)c7)c6)cc6ccc(c3)c4c56)c2)ccn1. The van der Waals surface area contributed by atoms with E-state index in [1.165, 1.54) is 32.3 Å². The van der Waals surface area contributed by atoms with Crippen molar-refractivity contribution in [2.75, 3.05) is 0 Å². The van der Waals surface area contributed by atoms with Crippen molar-refractivity contribution < 1.29 is 0 Å². The van der Waals surface area contributed by atoms with Crippen LogP contribution in [0.2, 0.25) is 0 Å². The highest BCUT2D eigenvalue weighted by Gasteiger charge is 2.13. The van der Waals surface area contributed by atoms with Crippen LogP contribution in [-0.2, 0) is 0 Å². The Balaban J connectivity index is 1.21. The Hall–Kier alpha value is -6.36. The van der Waals surface area contributed by atoms with Crippen molar-refractivity contribution in [1.29, 1.82) is 5.26 Å². The second-order valence-electron chi connectivity index (χ2n) is 10.9. The maximum Gasteiger partial charge on any atom is 0.270 e. The second-order valence-corrected chi connectivity index (χ2v) is 10.9. The Labute approximate surface area is 254 Å². The molecule has 4 nitrogen and oxygen atoms in total. The number of nitriles is 1. The van der Waals surface area contributed by atoms with Gasteiger partial charge in [0.25, 0.3) is 5.82 Å². The lowest BCUT2D eigenvalue weighted by atomic mass is 9.89. The van der Waals surface area contributed by atoms with Gasteiger partial charge in [0, 0.05) is 6.20 Å². The fourth-order valence-electron chi connectivity index (χ4n) is 6.26. The monoisotopic (exact) mass is 558 g/mol. The lowest BCUT2D eigenvalue weighted by molar-refractivity contribution is 1.26. The van der Waals surface area contributed by atoms with E-state index < -0.39 is 0 Å². The van der Waals surface area contributed by atoms with Gasteiger partial charge in [0.05, 0.1) is 0 Å². The fraction of sp³-hybridized carbons (Fsp3) is 0. The molecule has 0 amide bonds. The van der Waals surface area contributed by atoms with Crippen molar-refractivity contribution in [3.63, 3.8) is 0 Å². The first-order valence-electron chi connectivity index (χ1n) is 14.3. The normalized spacial score (nSPS) is 11.1. The molecule has 0 saturated carbocycles. The summed E-state index contributed by atoms with van der Waals surface area (Å²) in [5.41, 5.74) is 9.06. The summed E-state index contributed by atoms with van der Waals surface area (Å²) in [6.07, 6.45) is 3.38. The summed E-state index contributed by atoms with van der Waals surface area (Å²) in [7, 11) is 0. The minimum atomic E-state index is 0.398. The molecule has 0 spiro atoms. The Kier molecular flexibility index (Phi) is 5.86. The molecule has 0 unspecified atom stereocenters. The molecule has 4 heteroatoms. The van der Waals surface area contributed by atoms with Gasteiger partial charge in [-0.15, -0.1) is 4.98 Å². The second kappa shape index (κ2) is 10.2. The van der Waals surface area contributed by atoms with Gasteiger partial charge >= 0.3 is 0 Å². The Morgan fingerprint density at radius 1 is 0.477 bits per heavy atom. The number of aromatic nitrogens is 2. The first-order chi connectivity index (χ1) is 21.7. The van der Waals surface area contributed by atoms with E-state index >= 15 is 0 Å². The highest BCUT2D eigenvalue weighted by molar-refractivity contribution is 6.24. The van der Waals surface area contributed by atoms with E-state index in [0.717, 1.165) is 44.5 Å². The molecule has 8 aromatic rings. The third kappa shape index (κ3) is 4.31. The largest absolute Gasteiger partial charge is 0.361 e. The van der Waals surface area contributed by atoms with Crippen LogP contribution < -0.4 is 0 Å². The van der Waals surface area contributed by atoms with Crippen molar-refractivity contribution in [1.82, 2.24) is 9.97 Å². The van der Waals surface area contributed by atoms with Crippen LogP contribution in [0, 0.1) is 17.9 Å². The van der Waals surface area contributed by atoms with E-state index in [-0.39, 0.29) is 0 Å². The quantitative estimate of drug-likeness (QED) is 0.159. The van der Waals surface area contributed by atoms with Crippen LogP contribution in [0.3, 0.4) is 0 Å². The van der Waals surface area contributed by atoms with Gasteiger partial charge < -0.3 is 4.85 Å². The van der Waals surface area contributed by atoms with Crippen LogP contribution in [0.4, 0.5) is 5.82 Å². The minimum Gasteiger partial charge on any atom is -0.361 e. The van der Waals surface area contributed by atoms with Gasteiger partial charge in [-0.2, -0.15) is 5.26 Å². The molecule has 0 N–H and O–H groups in total. The summed E-state index contributed by atoms with van der Waals surface area (Å²) in [5.74, 6) is 0.398. The molecular weight excluding hydrogens is 536 g/mol. The highest BCUT2D eigenvalue weighted by atomic mass is 14.8. The van der Waals surface area contributed by atoms with Crippen molar-refractivity contribution >= 4 is 38.1 Å². The molecular formula is C40H22N4. The molecule has 0 bridgehead atoms. The number of pyridine rings is 2. The lowest BCUT2D eigenvalue weighted by Gasteiger charge is -2.15. The lowest BCUT2D eigenvalue weighted by Crippen LogP contribution is -1.89. The van der Waals surface area contributed by atoms with Gasteiger partial charge in [-0.05, 0) is 137 Å². The van der Waals surface area contributed by atoms with E-state index in [4.69, 9.17) is 6.57 Å². The molecule has 0 radical (unpaired) electrons. The number of hydrogen-bond acceptors (Lipinski definition) is 3. The summed E-state index contributed by atoms with van der Waals surface area (Å²) in [5, 5.41) is 16.7. The highest BCUT2D eigenvalue weighted by Crippen LogP contribution is 2.40. The van der Waals surface area contributed by atoms with Gasteiger partial charge in [-0.1, -0.05) is 67.2 Å². The Morgan fingerprint density at radius 2 is 0.909 bits per heavy atom. The van der Waals surface area contributed by atoms with Gasteiger partial charge in [0.1, 0.15) is 18.0 Å². The summed E-state index contributed by atoms with van der Waals surface area (Å²) >= 11 is 0. The van der Waals surface area contributed by atoms with Crippen molar-refractivity contribution in [3.8, 4) is 50.6 Å². The molecule has 0 aliphatic carbocycles. The van der Waals surface area contributed by atoms with Crippen LogP contribution in [0.15, 0.2) is 134 Å². The minimum absolute atomic E-state index is 0.398. The van der Waals surface area contributed by atoms with Crippen LogP contribution in [0.1, 0.15) is 5.69 Å². The number of hydrogen-bond donors (Lipinski definition) is 0. The van der Waals surface area contributed by atoms with Crippen LogP contribution in [0.5, 0.6) is 0 Å². The summed E-state index contributed by atoms with van der Waals surface area (Å²) in [6.45, 7) is 7.32. The van der Waals surface area contributed by atoms with Gasteiger partial charge in [0.15, 0.2) is 0 Å². The van der Waals surface area contributed by atoms with E-state index in [0.29, 0.717) is 11.5 Å². The Bertz CT molecular complexity index is 2240. The van der Waals surface area contributed by atoms with Crippen LogP contribution >= 0.6 is 0 Å².